The van der Waals surface area contributed by atoms with Crippen molar-refractivity contribution >= 4 is 30.2 Å². The third kappa shape index (κ3) is 9.17. The third-order valence-corrected chi connectivity index (χ3v) is 6.82. The first-order chi connectivity index (χ1) is 20.8. The number of carbonyl (C=O) groups is 2. The number of carbonyl (C=O) groups excluding carboxylic acids is 1. The number of aliphatic carboxylic acids is 1. The minimum absolute atomic E-state index is 0.0694. The van der Waals surface area contributed by atoms with E-state index in [1.165, 1.54) is 42.5 Å². The Labute approximate surface area is 253 Å². The van der Waals surface area contributed by atoms with Crippen LogP contribution in [0.2, 0.25) is 0 Å². The van der Waals surface area contributed by atoms with Crippen molar-refractivity contribution in [2.45, 2.75) is 39.2 Å². The molecule has 8 N–H and O–H groups in total. The smallest absolute Gasteiger partial charge is 0.345 e. The van der Waals surface area contributed by atoms with Crippen molar-refractivity contribution in [3.8, 4) is 34.5 Å². The molecule has 0 aliphatic carbocycles. The Hall–Kier alpha value is -5.16. The van der Waals surface area contributed by atoms with Gasteiger partial charge in [-0.15, -0.1) is 0 Å². The van der Waals surface area contributed by atoms with Gasteiger partial charge in [0.05, 0.1) is 0 Å². The molecule has 11 heteroatoms. The number of benzene rings is 3. The highest BCUT2D eigenvalue weighted by molar-refractivity contribution is 5.90. The summed E-state index contributed by atoms with van der Waals surface area (Å²) < 4.78 is 5.07. The van der Waals surface area contributed by atoms with Crippen LogP contribution < -0.4 is 0 Å². The first-order valence-electron chi connectivity index (χ1n) is 13.8. The van der Waals surface area contributed by atoms with Crippen molar-refractivity contribution < 1.29 is 55.2 Å². The summed E-state index contributed by atoms with van der Waals surface area (Å²) in [5.41, 5.74) is 2.06. The SMILES string of the molecule is CC(C)C[C@H](CO)Cc1cc(O)c(O)cc1/C=C/c1cc(O)c(O)cc1/C=C/C(=O)O[C@H](Cc1ccc(O)c(O)c1)C(=O)O. The topological polar surface area (TPSA) is 205 Å². The van der Waals surface area contributed by atoms with Gasteiger partial charge in [-0.2, -0.15) is 0 Å². The number of ether oxygens (including phenoxy) is 1. The Balaban J connectivity index is 1.87. The largest absolute Gasteiger partial charge is 0.504 e. The van der Waals surface area contributed by atoms with Gasteiger partial charge in [0.25, 0.3) is 0 Å². The predicted molar refractivity (Wildman–Crippen MR) is 162 cm³/mol. The molecule has 0 bridgehead atoms. The monoisotopic (exact) mass is 608 g/mol. The highest BCUT2D eigenvalue weighted by Crippen LogP contribution is 2.34. The Morgan fingerprint density at radius 2 is 1.27 bits per heavy atom. The van der Waals surface area contributed by atoms with Crippen LogP contribution in [0, 0.1) is 11.8 Å². The van der Waals surface area contributed by atoms with Gasteiger partial charge in [-0.1, -0.05) is 32.1 Å². The fourth-order valence-electron chi connectivity index (χ4n) is 4.67. The second kappa shape index (κ2) is 14.8. The van der Waals surface area contributed by atoms with Gasteiger partial charge >= 0.3 is 11.9 Å². The van der Waals surface area contributed by atoms with E-state index < -0.39 is 35.3 Å². The lowest BCUT2D eigenvalue weighted by Crippen LogP contribution is -2.28. The minimum Gasteiger partial charge on any atom is -0.504 e. The fraction of sp³-hybridized carbons (Fsp3) is 0.273. The second-order valence-corrected chi connectivity index (χ2v) is 10.8. The predicted octanol–water partition coefficient (Wildman–Crippen LogP) is 4.54. The van der Waals surface area contributed by atoms with Gasteiger partial charge in [-0.25, -0.2) is 9.59 Å². The van der Waals surface area contributed by atoms with Gasteiger partial charge in [0, 0.05) is 19.1 Å². The van der Waals surface area contributed by atoms with Gasteiger partial charge in [-0.05, 0) is 95.0 Å². The summed E-state index contributed by atoms with van der Waals surface area (Å²) in [6.45, 7) is 3.99. The standard InChI is InChI=1S/C33H36O11/c1-18(2)9-20(17-34)10-24-16-30(40)29(39)15-23(24)5-4-21-13-27(37)28(38)14-22(21)6-8-32(41)44-31(33(42)43)12-19-3-7-25(35)26(36)11-19/h3-8,11,13-16,18,20,31,34-40H,9-10,12,17H2,1-2H3,(H,42,43)/b5-4+,8-6+/t20-,31+/m0/s1. The minimum atomic E-state index is -1.61. The average Bonchev–Trinajstić information content (AvgIpc) is 2.95. The average molecular weight is 609 g/mol. The molecule has 0 fully saturated rings. The van der Waals surface area contributed by atoms with Crippen LogP contribution in [0.25, 0.3) is 18.2 Å². The van der Waals surface area contributed by atoms with Gasteiger partial charge in [0.15, 0.2) is 34.5 Å². The zero-order valence-electron chi connectivity index (χ0n) is 24.2. The molecule has 3 aromatic rings. The van der Waals surface area contributed by atoms with E-state index in [-0.39, 0.29) is 41.8 Å². The summed E-state index contributed by atoms with van der Waals surface area (Å²) in [5, 5.41) is 78.9. The van der Waals surface area contributed by atoms with E-state index in [1.54, 1.807) is 12.2 Å². The van der Waals surface area contributed by atoms with Crippen LogP contribution in [0.4, 0.5) is 0 Å². The highest BCUT2D eigenvalue weighted by atomic mass is 16.6. The number of hydrogen-bond acceptors (Lipinski definition) is 10. The van der Waals surface area contributed by atoms with Crippen molar-refractivity contribution in [2.75, 3.05) is 6.61 Å². The number of aliphatic hydroxyl groups is 1. The number of carboxylic acid groups (broad SMARTS) is 1. The van der Waals surface area contributed by atoms with E-state index in [2.05, 4.69) is 0 Å². The molecule has 0 aromatic heterocycles. The lowest BCUT2D eigenvalue weighted by Gasteiger charge is -2.18. The Morgan fingerprint density at radius 1 is 0.727 bits per heavy atom. The van der Waals surface area contributed by atoms with Crippen molar-refractivity contribution in [1.29, 1.82) is 0 Å². The molecule has 0 aliphatic rings. The summed E-state index contributed by atoms with van der Waals surface area (Å²) in [7, 11) is 0. The number of rotatable bonds is 13. The number of aliphatic hydroxyl groups excluding tert-OH is 1. The number of esters is 1. The molecule has 0 spiro atoms. The van der Waals surface area contributed by atoms with Crippen LogP contribution in [-0.2, 0) is 27.2 Å². The molecule has 2 atom stereocenters. The van der Waals surface area contributed by atoms with Crippen molar-refractivity contribution in [3.05, 3.63) is 76.4 Å². The number of hydrogen-bond donors (Lipinski definition) is 8. The van der Waals surface area contributed by atoms with Gasteiger partial charge in [-0.3, -0.25) is 0 Å². The van der Waals surface area contributed by atoms with Crippen LogP contribution in [-0.4, -0.2) is 65.5 Å². The zero-order chi connectivity index (χ0) is 32.6. The van der Waals surface area contributed by atoms with E-state index in [0.29, 0.717) is 34.6 Å². The van der Waals surface area contributed by atoms with E-state index in [4.69, 9.17) is 4.74 Å². The van der Waals surface area contributed by atoms with Gasteiger partial charge < -0.3 is 45.6 Å². The van der Waals surface area contributed by atoms with Crippen molar-refractivity contribution in [3.63, 3.8) is 0 Å². The molecular weight excluding hydrogens is 572 g/mol. The summed E-state index contributed by atoms with van der Waals surface area (Å²) in [4.78, 5) is 24.2. The lowest BCUT2D eigenvalue weighted by molar-refractivity contribution is -0.160. The Kier molecular flexibility index (Phi) is 11.2. The third-order valence-electron chi connectivity index (χ3n) is 6.82. The first-order valence-corrected chi connectivity index (χ1v) is 13.8. The summed E-state index contributed by atoms with van der Waals surface area (Å²) in [6.07, 6.45) is 4.61. The molecule has 0 amide bonds. The van der Waals surface area contributed by atoms with Crippen molar-refractivity contribution in [1.82, 2.24) is 0 Å². The molecule has 0 saturated heterocycles. The summed E-state index contributed by atoms with van der Waals surface area (Å²) in [5.74, 6) is -4.66. The van der Waals surface area contributed by atoms with E-state index in [9.17, 15) is 50.4 Å². The zero-order valence-corrected chi connectivity index (χ0v) is 24.2. The molecule has 44 heavy (non-hydrogen) atoms. The number of aromatic hydroxyl groups is 6. The van der Waals surface area contributed by atoms with Crippen molar-refractivity contribution in [2.24, 2.45) is 11.8 Å². The second-order valence-electron chi connectivity index (χ2n) is 10.8. The number of phenolic OH excluding ortho intramolecular Hbond substituents is 6. The molecule has 0 unspecified atom stereocenters. The molecular formula is C33H36O11. The van der Waals surface area contributed by atoms with E-state index >= 15 is 0 Å². The molecule has 0 saturated carbocycles. The molecule has 11 nitrogen and oxygen atoms in total. The van der Waals surface area contributed by atoms with Crippen LogP contribution in [0.15, 0.2) is 48.5 Å². The number of phenols is 6. The Bertz CT molecular complexity index is 1560. The molecule has 234 valence electrons. The lowest BCUT2D eigenvalue weighted by atomic mass is 9.89. The highest BCUT2D eigenvalue weighted by Gasteiger charge is 2.22. The fourth-order valence-corrected chi connectivity index (χ4v) is 4.67. The number of carboxylic acids is 1. The molecule has 0 heterocycles. The first kappa shape index (κ1) is 33.3. The normalized spacial score (nSPS) is 13.0. The maximum absolute atomic E-state index is 12.5. The van der Waals surface area contributed by atoms with Crippen LogP contribution >= 0.6 is 0 Å². The summed E-state index contributed by atoms with van der Waals surface area (Å²) >= 11 is 0. The molecule has 3 rings (SSSR count). The van der Waals surface area contributed by atoms with Gasteiger partial charge in [0.1, 0.15) is 0 Å². The maximum atomic E-state index is 12.5. The molecule has 0 radical (unpaired) electrons. The van der Waals surface area contributed by atoms with E-state index in [1.807, 2.05) is 13.8 Å². The van der Waals surface area contributed by atoms with Crippen LogP contribution in [0.5, 0.6) is 34.5 Å². The van der Waals surface area contributed by atoms with Crippen LogP contribution in [0.1, 0.15) is 48.1 Å². The molecule has 0 aliphatic heterocycles. The van der Waals surface area contributed by atoms with Crippen LogP contribution in [0.3, 0.4) is 0 Å². The Morgan fingerprint density at radius 3 is 1.84 bits per heavy atom. The summed E-state index contributed by atoms with van der Waals surface area (Å²) in [6, 6.07) is 8.91. The quantitative estimate of drug-likeness (QED) is 0.0585. The maximum Gasteiger partial charge on any atom is 0.345 e. The molecule has 3 aromatic carbocycles. The van der Waals surface area contributed by atoms with E-state index in [0.717, 1.165) is 18.6 Å². The van der Waals surface area contributed by atoms with Gasteiger partial charge in [0.2, 0.25) is 6.10 Å².